The monoisotopic (exact) mass is 284 g/mol. The molecule has 3 heteroatoms. The van der Waals surface area contributed by atoms with Crippen LogP contribution in [-0.4, -0.2) is 41.6 Å². The van der Waals surface area contributed by atoms with E-state index in [1.165, 1.54) is 50.2 Å². The molecule has 19 heavy (non-hydrogen) atoms. The summed E-state index contributed by atoms with van der Waals surface area (Å²) in [5, 5.41) is 0. The molecule has 3 unspecified atom stereocenters. The fraction of sp³-hybridized carbons (Fsp3) is 1.00. The van der Waals surface area contributed by atoms with Crippen molar-refractivity contribution in [2.24, 2.45) is 17.1 Å². The average molecular weight is 285 g/mol. The Kier molecular flexibility index (Phi) is 5.62. The molecular weight excluding hydrogens is 252 g/mol. The standard InChI is InChI=1S/C16H32N2S/c1-4-18(14-8-6-5-7-13(14)11-17)15-12-19-10-9-16(15,2)3/h13-15H,4-12,17H2,1-3H3. The van der Waals surface area contributed by atoms with E-state index < -0.39 is 0 Å². The van der Waals surface area contributed by atoms with Gasteiger partial charge in [0.2, 0.25) is 0 Å². The smallest absolute Gasteiger partial charge is 0.0240 e. The minimum absolute atomic E-state index is 0.470. The Morgan fingerprint density at radius 2 is 2.00 bits per heavy atom. The average Bonchev–Trinajstić information content (AvgIpc) is 2.41. The zero-order valence-corrected chi connectivity index (χ0v) is 13.8. The molecule has 2 nitrogen and oxygen atoms in total. The van der Waals surface area contributed by atoms with Gasteiger partial charge >= 0.3 is 0 Å². The molecule has 2 rings (SSSR count). The highest BCUT2D eigenvalue weighted by atomic mass is 32.2. The lowest BCUT2D eigenvalue weighted by molar-refractivity contribution is 0.0221. The molecule has 1 aliphatic carbocycles. The molecule has 0 radical (unpaired) electrons. The molecule has 1 aliphatic heterocycles. The van der Waals surface area contributed by atoms with E-state index in [0.29, 0.717) is 5.41 Å². The van der Waals surface area contributed by atoms with E-state index in [9.17, 15) is 0 Å². The molecular formula is C16H32N2S. The summed E-state index contributed by atoms with van der Waals surface area (Å²) in [5.74, 6) is 3.39. The van der Waals surface area contributed by atoms with Gasteiger partial charge in [0, 0.05) is 17.8 Å². The van der Waals surface area contributed by atoms with Gasteiger partial charge in [-0.25, -0.2) is 0 Å². The van der Waals surface area contributed by atoms with E-state index in [2.05, 4.69) is 37.4 Å². The van der Waals surface area contributed by atoms with Crippen LogP contribution < -0.4 is 5.73 Å². The number of rotatable bonds is 4. The largest absolute Gasteiger partial charge is 0.330 e. The quantitative estimate of drug-likeness (QED) is 0.858. The van der Waals surface area contributed by atoms with E-state index in [0.717, 1.165) is 24.5 Å². The van der Waals surface area contributed by atoms with E-state index >= 15 is 0 Å². The van der Waals surface area contributed by atoms with Gasteiger partial charge < -0.3 is 5.73 Å². The second-order valence-electron chi connectivity index (χ2n) is 7.01. The van der Waals surface area contributed by atoms with Crippen molar-refractivity contribution in [3.63, 3.8) is 0 Å². The molecule has 0 bridgehead atoms. The molecule has 3 atom stereocenters. The van der Waals surface area contributed by atoms with E-state index in [1.54, 1.807) is 0 Å². The van der Waals surface area contributed by atoms with Crippen molar-refractivity contribution >= 4 is 11.8 Å². The lowest BCUT2D eigenvalue weighted by atomic mass is 9.77. The molecule has 112 valence electrons. The highest BCUT2D eigenvalue weighted by Gasteiger charge is 2.40. The van der Waals surface area contributed by atoms with Crippen molar-refractivity contribution in [3.8, 4) is 0 Å². The van der Waals surface area contributed by atoms with Gasteiger partial charge in [-0.3, -0.25) is 4.90 Å². The van der Waals surface area contributed by atoms with Gasteiger partial charge in [-0.2, -0.15) is 11.8 Å². The van der Waals surface area contributed by atoms with Crippen LogP contribution in [0.3, 0.4) is 0 Å². The van der Waals surface area contributed by atoms with Gasteiger partial charge in [-0.1, -0.05) is 33.6 Å². The van der Waals surface area contributed by atoms with E-state index in [-0.39, 0.29) is 0 Å². The maximum Gasteiger partial charge on any atom is 0.0240 e. The molecule has 2 N–H and O–H groups in total. The summed E-state index contributed by atoms with van der Waals surface area (Å²) in [6.45, 7) is 9.36. The van der Waals surface area contributed by atoms with Gasteiger partial charge in [0.25, 0.3) is 0 Å². The Morgan fingerprint density at radius 3 is 2.63 bits per heavy atom. The summed E-state index contributed by atoms with van der Waals surface area (Å²) in [7, 11) is 0. The van der Waals surface area contributed by atoms with Crippen LogP contribution in [0.15, 0.2) is 0 Å². The molecule has 0 aromatic heterocycles. The third kappa shape index (κ3) is 3.48. The number of hydrogen-bond acceptors (Lipinski definition) is 3. The molecule has 0 aromatic rings. The second-order valence-corrected chi connectivity index (χ2v) is 8.16. The van der Waals surface area contributed by atoms with Gasteiger partial charge in [-0.05, 0) is 49.4 Å². The van der Waals surface area contributed by atoms with Crippen LogP contribution in [0.5, 0.6) is 0 Å². The predicted molar refractivity (Wildman–Crippen MR) is 86.7 cm³/mol. The van der Waals surface area contributed by atoms with Gasteiger partial charge in [0.15, 0.2) is 0 Å². The molecule has 1 saturated carbocycles. The Morgan fingerprint density at radius 1 is 1.26 bits per heavy atom. The van der Waals surface area contributed by atoms with Crippen LogP contribution in [0, 0.1) is 11.3 Å². The summed E-state index contributed by atoms with van der Waals surface area (Å²) < 4.78 is 0. The van der Waals surface area contributed by atoms with E-state index in [4.69, 9.17) is 5.73 Å². The van der Waals surface area contributed by atoms with Crippen LogP contribution >= 0.6 is 11.8 Å². The van der Waals surface area contributed by atoms with E-state index in [1.807, 2.05) is 0 Å². The normalized spacial score (nSPS) is 35.5. The first-order valence-electron chi connectivity index (χ1n) is 8.13. The molecule has 2 aliphatic rings. The molecule has 1 saturated heterocycles. The Hall–Kier alpha value is 0.270. The second kappa shape index (κ2) is 6.82. The Balaban J connectivity index is 2.13. The minimum atomic E-state index is 0.470. The topological polar surface area (TPSA) is 29.3 Å². The van der Waals surface area contributed by atoms with Crippen molar-refractivity contribution in [3.05, 3.63) is 0 Å². The number of thioether (sulfide) groups is 1. The fourth-order valence-corrected chi connectivity index (χ4v) is 5.76. The zero-order chi connectivity index (χ0) is 13.9. The van der Waals surface area contributed by atoms with Crippen LogP contribution in [0.1, 0.15) is 52.9 Å². The highest BCUT2D eigenvalue weighted by Crippen LogP contribution is 2.40. The first-order chi connectivity index (χ1) is 9.10. The summed E-state index contributed by atoms with van der Waals surface area (Å²) >= 11 is 2.15. The lowest BCUT2D eigenvalue weighted by Gasteiger charge is -2.50. The lowest BCUT2D eigenvalue weighted by Crippen LogP contribution is -2.56. The van der Waals surface area contributed by atoms with Crippen molar-refractivity contribution in [2.45, 2.75) is 65.0 Å². The summed E-state index contributed by atoms with van der Waals surface area (Å²) in [4.78, 5) is 2.82. The van der Waals surface area contributed by atoms with Crippen molar-refractivity contribution in [2.75, 3.05) is 24.6 Å². The zero-order valence-electron chi connectivity index (χ0n) is 13.0. The predicted octanol–water partition coefficient (Wildman–Crippen LogP) is 3.36. The van der Waals surface area contributed by atoms with Gasteiger partial charge in [-0.15, -0.1) is 0 Å². The SMILES string of the molecule is CCN(C1CCCCC1CN)C1CSCCC1(C)C. The minimum Gasteiger partial charge on any atom is -0.330 e. The van der Waals surface area contributed by atoms with Crippen molar-refractivity contribution < 1.29 is 0 Å². The molecule has 0 amide bonds. The third-order valence-corrected chi connectivity index (χ3v) is 6.48. The number of nitrogens with zero attached hydrogens (tertiary/aromatic N) is 1. The van der Waals surface area contributed by atoms with Gasteiger partial charge in [0.05, 0.1) is 0 Å². The van der Waals surface area contributed by atoms with Crippen molar-refractivity contribution in [1.82, 2.24) is 4.90 Å². The summed E-state index contributed by atoms with van der Waals surface area (Å²) in [5.41, 5.74) is 6.52. The fourth-order valence-electron chi connectivity index (χ4n) is 4.05. The molecule has 1 heterocycles. The maximum absolute atomic E-state index is 6.05. The van der Waals surface area contributed by atoms with Gasteiger partial charge in [0.1, 0.15) is 0 Å². The van der Waals surface area contributed by atoms with Crippen LogP contribution in [-0.2, 0) is 0 Å². The summed E-state index contributed by atoms with van der Waals surface area (Å²) in [6, 6.07) is 1.49. The van der Waals surface area contributed by atoms with Crippen molar-refractivity contribution in [1.29, 1.82) is 0 Å². The van der Waals surface area contributed by atoms with Crippen LogP contribution in [0.2, 0.25) is 0 Å². The molecule has 0 aromatic carbocycles. The first kappa shape index (κ1) is 15.7. The molecule has 2 fully saturated rings. The Labute approximate surface area is 123 Å². The summed E-state index contributed by atoms with van der Waals surface area (Å²) in [6.07, 6.45) is 6.86. The third-order valence-electron chi connectivity index (χ3n) is 5.43. The van der Waals surface area contributed by atoms with Crippen LogP contribution in [0.4, 0.5) is 0 Å². The maximum atomic E-state index is 6.05. The molecule has 0 spiro atoms. The first-order valence-corrected chi connectivity index (χ1v) is 9.29. The highest BCUT2D eigenvalue weighted by molar-refractivity contribution is 7.99. The van der Waals surface area contributed by atoms with Crippen LogP contribution in [0.25, 0.3) is 0 Å². The number of nitrogens with two attached hydrogens (primary N) is 1. The Bertz CT molecular complexity index is 280. The number of hydrogen-bond donors (Lipinski definition) is 1.